The first-order chi connectivity index (χ1) is 14.1. The van der Waals surface area contributed by atoms with Gasteiger partial charge in [-0.15, -0.1) is 16.8 Å². The number of rotatable bonds is 9. The van der Waals surface area contributed by atoms with Gasteiger partial charge in [0.15, 0.2) is 11.0 Å². The van der Waals surface area contributed by atoms with Crippen molar-refractivity contribution in [3.63, 3.8) is 0 Å². The predicted molar refractivity (Wildman–Crippen MR) is 115 cm³/mol. The van der Waals surface area contributed by atoms with Gasteiger partial charge < -0.3 is 14.6 Å². The summed E-state index contributed by atoms with van der Waals surface area (Å²) in [6.07, 6.45) is 1.80. The molecule has 0 aliphatic heterocycles. The summed E-state index contributed by atoms with van der Waals surface area (Å²) in [5, 5.41) is 12.3. The molecule has 0 saturated heterocycles. The molecule has 0 spiro atoms. The number of allylic oxidation sites excluding steroid dienone is 1. The SMILES string of the molecule is C=CCn1c(CNC(=O)c2cccc(OC)c2)nnc1SCc1ccc(C)cc1. The molecule has 1 amide bonds. The molecule has 150 valence electrons. The van der Waals surface area contributed by atoms with Crippen LogP contribution in [0.25, 0.3) is 0 Å². The topological polar surface area (TPSA) is 69.0 Å². The Morgan fingerprint density at radius 1 is 1.24 bits per heavy atom. The second-order valence-electron chi connectivity index (χ2n) is 6.49. The fourth-order valence-electron chi connectivity index (χ4n) is 2.73. The van der Waals surface area contributed by atoms with Crippen molar-refractivity contribution in [1.29, 1.82) is 0 Å². The number of amides is 1. The van der Waals surface area contributed by atoms with E-state index in [1.54, 1.807) is 49.2 Å². The Labute approximate surface area is 175 Å². The van der Waals surface area contributed by atoms with E-state index < -0.39 is 0 Å². The maximum Gasteiger partial charge on any atom is 0.251 e. The number of hydrogen-bond acceptors (Lipinski definition) is 5. The summed E-state index contributed by atoms with van der Waals surface area (Å²) in [6.45, 7) is 6.75. The Hall–Kier alpha value is -3.06. The van der Waals surface area contributed by atoms with Crippen molar-refractivity contribution in [3.8, 4) is 5.75 Å². The lowest BCUT2D eigenvalue weighted by Gasteiger charge is -2.09. The summed E-state index contributed by atoms with van der Waals surface area (Å²) in [5.74, 6) is 1.94. The van der Waals surface area contributed by atoms with Crippen molar-refractivity contribution >= 4 is 17.7 Å². The van der Waals surface area contributed by atoms with Crippen LogP contribution in [0.3, 0.4) is 0 Å². The number of carbonyl (C=O) groups excluding carboxylic acids is 1. The van der Waals surface area contributed by atoms with E-state index in [9.17, 15) is 4.79 Å². The quantitative estimate of drug-likeness (QED) is 0.428. The first-order valence-corrected chi connectivity index (χ1v) is 10.2. The first kappa shape index (κ1) is 20.7. The van der Waals surface area contributed by atoms with Crippen molar-refractivity contribution < 1.29 is 9.53 Å². The lowest BCUT2D eigenvalue weighted by molar-refractivity contribution is 0.0949. The number of aromatic nitrogens is 3. The van der Waals surface area contributed by atoms with Crippen LogP contribution in [0.15, 0.2) is 66.3 Å². The van der Waals surface area contributed by atoms with E-state index in [4.69, 9.17) is 4.74 Å². The summed E-state index contributed by atoms with van der Waals surface area (Å²) < 4.78 is 7.14. The number of carbonyl (C=O) groups is 1. The van der Waals surface area contributed by atoms with E-state index in [2.05, 4.69) is 53.3 Å². The Morgan fingerprint density at radius 2 is 2.03 bits per heavy atom. The van der Waals surface area contributed by atoms with Crippen molar-refractivity contribution in [2.24, 2.45) is 0 Å². The number of aryl methyl sites for hydroxylation is 1. The number of nitrogens with zero attached hydrogens (tertiary/aromatic N) is 3. The number of thioether (sulfide) groups is 1. The molecule has 29 heavy (non-hydrogen) atoms. The first-order valence-electron chi connectivity index (χ1n) is 9.24. The van der Waals surface area contributed by atoms with Gasteiger partial charge in [0.1, 0.15) is 5.75 Å². The highest BCUT2D eigenvalue weighted by Crippen LogP contribution is 2.22. The molecule has 2 aromatic carbocycles. The number of nitrogens with one attached hydrogen (secondary N) is 1. The molecule has 0 unspecified atom stereocenters. The molecule has 3 rings (SSSR count). The van der Waals surface area contributed by atoms with Crippen LogP contribution in [0, 0.1) is 6.92 Å². The highest BCUT2D eigenvalue weighted by Gasteiger charge is 2.14. The normalized spacial score (nSPS) is 10.6. The molecule has 7 heteroatoms. The largest absolute Gasteiger partial charge is 0.497 e. The standard InChI is InChI=1S/C22H24N4O2S/c1-4-12-26-20(14-23-21(27)18-6-5-7-19(13-18)28-3)24-25-22(26)29-15-17-10-8-16(2)9-11-17/h4-11,13H,1,12,14-15H2,2-3H3,(H,23,27). The van der Waals surface area contributed by atoms with Crippen molar-refractivity contribution in [3.05, 3.63) is 83.7 Å². The second-order valence-corrected chi connectivity index (χ2v) is 7.43. The zero-order valence-corrected chi connectivity index (χ0v) is 17.4. The monoisotopic (exact) mass is 408 g/mol. The maximum atomic E-state index is 12.5. The molecule has 0 aliphatic carbocycles. The third-order valence-electron chi connectivity index (χ3n) is 4.33. The van der Waals surface area contributed by atoms with Crippen LogP contribution in [0.1, 0.15) is 27.3 Å². The lowest BCUT2D eigenvalue weighted by Crippen LogP contribution is -2.24. The number of ether oxygens (including phenoxy) is 1. The van der Waals surface area contributed by atoms with E-state index in [0.717, 1.165) is 10.9 Å². The van der Waals surface area contributed by atoms with Crippen molar-refractivity contribution in [1.82, 2.24) is 20.1 Å². The van der Waals surface area contributed by atoms with Gasteiger partial charge >= 0.3 is 0 Å². The molecule has 1 heterocycles. The molecule has 0 aliphatic rings. The van der Waals surface area contributed by atoms with Gasteiger partial charge in [0.25, 0.3) is 5.91 Å². The number of methoxy groups -OCH3 is 1. The minimum atomic E-state index is -0.189. The van der Waals surface area contributed by atoms with Gasteiger partial charge in [-0.25, -0.2) is 0 Å². The molecule has 1 N–H and O–H groups in total. The van der Waals surface area contributed by atoms with E-state index in [-0.39, 0.29) is 12.5 Å². The van der Waals surface area contributed by atoms with Crippen molar-refractivity contribution in [2.75, 3.05) is 7.11 Å². The Bertz CT molecular complexity index is 983. The Morgan fingerprint density at radius 3 is 2.76 bits per heavy atom. The zero-order valence-electron chi connectivity index (χ0n) is 16.6. The average Bonchev–Trinajstić information content (AvgIpc) is 3.13. The fourth-order valence-corrected chi connectivity index (χ4v) is 3.65. The lowest BCUT2D eigenvalue weighted by atomic mass is 10.2. The van der Waals surface area contributed by atoms with Gasteiger partial charge in [0, 0.05) is 17.9 Å². The van der Waals surface area contributed by atoms with Crippen molar-refractivity contribution in [2.45, 2.75) is 30.9 Å². The van der Waals surface area contributed by atoms with E-state index >= 15 is 0 Å². The molecule has 1 aromatic heterocycles. The van der Waals surface area contributed by atoms with Gasteiger partial charge in [0.05, 0.1) is 13.7 Å². The van der Waals surface area contributed by atoms with Crippen LogP contribution in [-0.4, -0.2) is 27.8 Å². The molecular formula is C22H24N4O2S. The summed E-state index contributed by atoms with van der Waals surface area (Å²) >= 11 is 1.61. The number of benzene rings is 2. The van der Waals surface area contributed by atoms with Crippen LogP contribution in [0.5, 0.6) is 5.75 Å². The molecule has 0 saturated carbocycles. The highest BCUT2D eigenvalue weighted by atomic mass is 32.2. The highest BCUT2D eigenvalue weighted by molar-refractivity contribution is 7.98. The average molecular weight is 409 g/mol. The summed E-state index contributed by atoms with van der Waals surface area (Å²) in [7, 11) is 1.57. The van der Waals surface area contributed by atoms with Gasteiger partial charge in [-0.1, -0.05) is 53.7 Å². The van der Waals surface area contributed by atoms with Gasteiger partial charge in [-0.2, -0.15) is 0 Å². The van der Waals surface area contributed by atoms with E-state index in [1.807, 2.05) is 4.57 Å². The molecule has 0 bridgehead atoms. The van der Waals surface area contributed by atoms with Crippen LogP contribution in [0.2, 0.25) is 0 Å². The van der Waals surface area contributed by atoms with Gasteiger partial charge in [-0.05, 0) is 30.7 Å². The molecule has 0 fully saturated rings. The van der Waals surface area contributed by atoms with Crippen LogP contribution in [-0.2, 0) is 18.8 Å². The minimum absolute atomic E-state index is 0.189. The number of hydrogen-bond donors (Lipinski definition) is 1. The molecule has 3 aromatic rings. The van der Waals surface area contributed by atoms with Crippen LogP contribution < -0.4 is 10.1 Å². The smallest absolute Gasteiger partial charge is 0.251 e. The Kier molecular flexibility index (Phi) is 7.08. The van der Waals surface area contributed by atoms with Gasteiger partial charge in [0.2, 0.25) is 0 Å². The molecular weight excluding hydrogens is 384 g/mol. The summed E-state index contributed by atoms with van der Waals surface area (Å²) in [5.41, 5.74) is 3.00. The Balaban J connectivity index is 1.66. The zero-order chi connectivity index (χ0) is 20.6. The fraction of sp³-hybridized carbons (Fsp3) is 0.227. The minimum Gasteiger partial charge on any atom is -0.497 e. The summed E-state index contributed by atoms with van der Waals surface area (Å²) in [6, 6.07) is 15.5. The second kappa shape index (κ2) is 9.93. The van der Waals surface area contributed by atoms with Crippen LogP contribution in [0.4, 0.5) is 0 Å². The maximum absolute atomic E-state index is 12.5. The summed E-state index contributed by atoms with van der Waals surface area (Å²) in [4.78, 5) is 12.5. The third kappa shape index (κ3) is 5.48. The predicted octanol–water partition coefficient (Wildman–Crippen LogP) is 4.00. The van der Waals surface area contributed by atoms with Crippen LogP contribution >= 0.6 is 11.8 Å². The van der Waals surface area contributed by atoms with Gasteiger partial charge in [-0.3, -0.25) is 4.79 Å². The third-order valence-corrected chi connectivity index (χ3v) is 5.37. The molecule has 6 nitrogen and oxygen atoms in total. The molecule has 0 atom stereocenters. The van der Waals surface area contributed by atoms with E-state index in [0.29, 0.717) is 23.7 Å². The molecule has 0 radical (unpaired) electrons. The van der Waals surface area contributed by atoms with E-state index in [1.165, 1.54) is 11.1 Å².